The fourth-order valence-corrected chi connectivity index (χ4v) is 1.41. The Balaban J connectivity index is 2.48. The number of aliphatic hydroxyl groups is 1. The molecule has 1 aromatic heterocycles. The molecule has 1 aromatic carbocycles. The molecule has 2 rings (SSSR count). The van der Waals surface area contributed by atoms with Crippen molar-refractivity contribution in [2.75, 3.05) is 13.2 Å². The van der Waals surface area contributed by atoms with E-state index in [0.717, 1.165) is 0 Å². The van der Waals surface area contributed by atoms with Gasteiger partial charge in [-0.25, -0.2) is 4.39 Å². The molecule has 0 unspecified atom stereocenters. The number of hydrogen-bond acceptors (Lipinski definition) is 4. The molecule has 1 heterocycles. The highest BCUT2D eigenvalue weighted by Gasteiger charge is 2.10. The van der Waals surface area contributed by atoms with Crippen molar-refractivity contribution in [2.45, 2.75) is 0 Å². The van der Waals surface area contributed by atoms with Gasteiger partial charge in [-0.1, -0.05) is 0 Å². The minimum Gasteiger partial charge on any atom is -0.493 e. The van der Waals surface area contributed by atoms with Crippen LogP contribution in [0.2, 0.25) is 0 Å². The zero-order valence-corrected chi connectivity index (χ0v) is 8.31. The summed E-state index contributed by atoms with van der Waals surface area (Å²) in [5, 5.41) is 26.1. The van der Waals surface area contributed by atoms with Crippen molar-refractivity contribution in [1.29, 1.82) is 0 Å². The fraction of sp³-hybridized carbons (Fsp3) is 0.200. The van der Waals surface area contributed by atoms with Crippen molar-refractivity contribution < 1.29 is 14.6 Å². The number of nitrogens with one attached hydrogen (secondary N) is 1. The molecule has 0 fully saturated rings. The lowest BCUT2D eigenvalue weighted by atomic mass is 10.2. The lowest BCUT2D eigenvalue weighted by Crippen LogP contribution is -1.83. The summed E-state index contributed by atoms with van der Waals surface area (Å²) >= 11 is 0. The Morgan fingerprint density at radius 1 is 1.38 bits per heavy atom. The van der Waals surface area contributed by atoms with E-state index in [9.17, 15) is 9.50 Å². The monoisotopic (exact) mass is 223 g/mol. The van der Waals surface area contributed by atoms with Crippen LogP contribution in [0, 0.1) is 5.82 Å². The second kappa shape index (κ2) is 4.28. The van der Waals surface area contributed by atoms with Gasteiger partial charge in [0.15, 0.2) is 5.69 Å². The number of aromatic hydroxyl groups is 1. The summed E-state index contributed by atoms with van der Waals surface area (Å²) in [4.78, 5) is 2.59. The summed E-state index contributed by atoms with van der Waals surface area (Å²) in [6.07, 6.45) is 0. The molecule has 0 saturated heterocycles. The van der Waals surface area contributed by atoms with E-state index < -0.39 is 5.82 Å². The van der Waals surface area contributed by atoms with Crippen molar-refractivity contribution in [3.05, 3.63) is 24.0 Å². The second-order valence-electron chi connectivity index (χ2n) is 3.20. The Morgan fingerprint density at radius 2 is 2.19 bits per heavy atom. The van der Waals surface area contributed by atoms with Crippen LogP contribution < -0.4 is 0 Å². The molecule has 3 N–H and O–H groups in total. The third kappa shape index (κ3) is 1.87. The minimum absolute atomic E-state index is 0.110. The predicted molar refractivity (Wildman–Crippen MR) is 56.4 cm³/mol. The molecule has 5 nitrogen and oxygen atoms in total. The van der Waals surface area contributed by atoms with Crippen molar-refractivity contribution in [1.82, 2.24) is 4.98 Å². The smallest absolute Gasteiger partial charge is 0.218 e. The first-order valence-electron chi connectivity index (χ1n) is 4.71. The molecule has 6 heteroatoms. The highest BCUT2D eigenvalue weighted by atomic mass is 19.1. The summed E-state index contributed by atoms with van der Waals surface area (Å²) in [7, 11) is 0. The van der Waals surface area contributed by atoms with Gasteiger partial charge in [0, 0.05) is 5.39 Å². The fourth-order valence-electron chi connectivity index (χ4n) is 1.41. The lowest BCUT2D eigenvalue weighted by molar-refractivity contribution is 0.304. The molecule has 0 amide bonds. The summed E-state index contributed by atoms with van der Waals surface area (Å²) in [6.45, 7) is 0.0502. The highest BCUT2D eigenvalue weighted by Crippen LogP contribution is 2.35. The van der Waals surface area contributed by atoms with E-state index in [1.165, 1.54) is 18.2 Å². The first-order valence-corrected chi connectivity index (χ1v) is 4.71. The van der Waals surface area contributed by atoms with Crippen LogP contribution in [0.5, 0.6) is 5.88 Å². The van der Waals surface area contributed by atoms with E-state index >= 15 is 0 Å². The molecule has 0 aliphatic heterocycles. The van der Waals surface area contributed by atoms with Crippen LogP contribution in [-0.4, -0.2) is 28.3 Å². The van der Waals surface area contributed by atoms with Gasteiger partial charge >= 0.3 is 0 Å². The van der Waals surface area contributed by atoms with Crippen molar-refractivity contribution in [3.63, 3.8) is 0 Å². The Labute approximate surface area is 90.3 Å². The van der Waals surface area contributed by atoms with E-state index in [1.807, 2.05) is 0 Å². The third-order valence-electron chi connectivity index (χ3n) is 2.08. The zero-order chi connectivity index (χ0) is 11.5. The molecule has 2 aromatic rings. The normalized spacial score (nSPS) is 11.6. The van der Waals surface area contributed by atoms with Crippen LogP contribution in [-0.2, 0) is 0 Å². The van der Waals surface area contributed by atoms with Crippen LogP contribution in [0.1, 0.15) is 0 Å². The van der Waals surface area contributed by atoms with Crippen molar-refractivity contribution in [3.8, 4) is 5.88 Å². The standard InChI is InChI=1S/C10H10FN3O2/c11-6-1-2-7-8(5-6)13-10(16)9(7)14-12-3-4-15/h1-2,5,13,15-16H,3-4H2. The molecule has 16 heavy (non-hydrogen) atoms. The molecule has 0 aliphatic carbocycles. The van der Waals surface area contributed by atoms with E-state index in [-0.39, 0.29) is 24.7 Å². The third-order valence-corrected chi connectivity index (χ3v) is 2.08. The molecular formula is C10H10FN3O2. The van der Waals surface area contributed by atoms with E-state index in [0.29, 0.717) is 10.9 Å². The number of fused-ring (bicyclic) bond motifs is 1. The number of H-pyrrole nitrogens is 1. The molecule has 0 radical (unpaired) electrons. The van der Waals surface area contributed by atoms with Gasteiger partial charge < -0.3 is 15.2 Å². The van der Waals surface area contributed by atoms with Gasteiger partial charge in [-0.3, -0.25) is 0 Å². The van der Waals surface area contributed by atoms with Gasteiger partial charge in [0.2, 0.25) is 5.88 Å². The average molecular weight is 223 g/mol. The maximum atomic E-state index is 12.9. The van der Waals surface area contributed by atoms with Gasteiger partial charge in [-0.05, 0) is 18.2 Å². The zero-order valence-electron chi connectivity index (χ0n) is 8.31. The Kier molecular flexibility index (Phi) is 2.82. The maximum Gasteiger partial charge on any atom is 0.218 e. The molecule has 0 spiro atoms. The number of benzene rings is 1. The highest BCUT2D eigenvalue weighted by molar-refractivity contribution is 5.94. The number of halogens is 1. The largest absolute Gasteiger partial charge is 0.493 e. The van der Waals surface area contributed by atoms with Gasteiger partial charge in [0.05, 0.1) is 18.7 Å². The quantitative estimate of drug-likeness (QED) is 0.696. The van der Waals surface area contributed by atoms with Crippen LogP contribution in [0.4, 0.5) is 10.1 Å². The van der Waals surface area contributed by atoms with Gasteiger partial charge in [-0.2, -0.15) is 5.11 Å². The minimum atomic E-state index is -0.396. The first kappa shape index (κ1) is 10.6. The van der Waals surface area contributed by atoms with Gasteiger partial charge in [0.25, 0.3) is 0 Å². The molecule has 0 bridgehead atoms. The topological polar surface area (TPSA) is 81.0 Å². The Bertz CT molecular complexity index is 536. The molecule has 84 valence electrons. The van der Waals surface area contributed by atoms with Crippen LogP contribution in [0.15, 0.2) is 28.4 Å². The Hall–Kier alpha value is -1.95. The number of rotatable bonds is 3. The summed E-state index contributed by atoms with van der Waals surface area (Å²) in [6, 6.07) is 4.05. The van der Waals surface area contributed by atoms with E-state index in [2.05, 4.69) is 15.2 Å². The summed E-state index contributed by atoms with van der Waals surface area (Å²) in [5.41, 5.74) is 0.707. The summed E-state index contributed by atoms with van der Waals surface area (Å²) < 4.78 is 12.9. The molecule has 0 saturated carbocycles. The maximum absolute atomic E-state index is 12.9. The number of hydrogen-bond donors (Lipinski definition) is 3. The van der Waals surface area contributed by atoms with Crippen LogP contribution in [0.25, 0.3) is 10.9 Å². The average Bonchev–Trinajstić information content (AvgIpc) is 2.55. The number of nitrogens with zero attached hydrogens (tertiary/aromatic N) is 2. The molecular weight excluding hydrogens is 213 g/mol. The van der Waals surface area contributed by atoms with E-state index in [4.69, 9.17) is 5.11 Å². The number of aromatic amines is 1. The van der Waals surface area contributed by atoms with E-state index in [1.54, 1.807) is 0 Å². The second-order valence-corrected chi connectivity index (χ2v) is 3.20. The van der Waals surface area contributed by atoms with Gasteiger partial charge in [-0.15, -0.1) is 5.11 Å². The van der Waals surface area contributed by atoms with Crippen LogP contribution in [0.3, 0.4) is 0 Å². The molecule has 0 atom stereocenters. The van der Waals surface area contributed by atoms with Crippen LogP contribution >= 0.6 is 0 Å². The number of azo groups is 1. The van der Waals surface area contributed by atoms with Crippen molar-refractivity contribution >= 4 is 16.6 Å². The first-order chi connectivity index (χ1) is 7.72. The predicted octanol–water partition coefficient (Wildman–Crippen LogP) is 2.09. The molecule has 0 aliphatic rings. The SMILES string of the molecule is OCCN=Nc1c(O)[nH]c2cc(F)ccc12. The van der Waals surface area contributed by atoms with Gasteiger partial charge in [0.1, 0.15) is 5.82 Å². The number of aromatic nitrogens is 1. The van der Waals surface area contributed by atoms with Crippen molar-refractivity contribution in [2.24, 2.45) is 10.2 Å². The Morgan fingerprint density at radius 3 is 2.94 bits per heavy atom. The summed E-state index contributed by atoms with van der Waals surface area (Å²) in [5.74, 6) is -0.560. The number of aliphatic hydroxyl groups excluding tert-OH is 1. The lowest BCUT2D eigenvalue weighted by Gasteiger charge is -1.91.